The van der Waals surface area contributed by atoms with E-state index >= 15 is 0 Å². The number of esters is 1. The molecule has 2 rings (SSSR count). The van der Waals surface area contributed by atoms with Gasteiger partial charge in [-0.1, -0.05) is 42.5 Å². The lowest BCUT2D eigenvalue weighted by Crippen LogP contribution is -2.33. The summed E-state index contributed by atoms with van der Waals surface area (Å²) in [5.41, 5.74) is 8.05. The number of methoxy groups -OCH3 is 1. The van der Waals surface area contributed by atoms with Crippen molar-refractivity contribution < 1.29 is 14.3 Å². The number of carbonyl (C=O) groups excluding carboxylic acids is 1. The molecule has 0 heterocycles. The smallest absolute Gasteiger partial charge is 0.322 e. The molecule has 0 spiro atoms. The third kappa shape index (κ3) is 5.75. The van der Waals surface area contributed by atoms with Crippen LogP contribution in [0.15, 0.2) is 54.6 Å². The molecule has 0 aliphatic heterocycles. The van der Waals surface area contributed by atoms with E-state index in [4.69, 9.17) is 10.5 Å². The van der Waals surface area contributed by atoms with E-state index in [2.05, 4.69) is 16.9 Å². The second-order valence-electron chi connectivity index (χ2n) is 5.42. The third-order valence-electron chi connectivity index (χ3n) is 3.60. The van der Waals surface area contributed by atoms with Gasteiger partial charge >= 0.3 is 5.97 Å². The predicted molar refractivity (Wildman–Crippen MR) is 90.4 cm³/mol. The number of hydrogen-bond acceptors (Lipinski definition) is 4. The van der Waals surface area contributed by atoms with Crippen molar-refractivity contribution in [2.24, 2.45) is 5.73 Å². The summed E-state index contributed by atoms with van der Waals surface area (Å²) in [7, 11) is 1.34. The molecule has 2 N–H and O–H groups in total. The summed E-state index contributed by atoms with van der Waals surface area (Å²) in [5.74, 6) is 0.430. The lowest BCUT2D eigenvalue weighted by Gasteiger charge is -2.10. The summed E-state index contributed by atoms with van der Waals surface area (Å²) in [4.78, 5) is 11.3. The van der Waals surface area contributed by atoms with Crippen molar-refractivity contribution in [3.05, 3.63) is 65.7 Å². The number of aryl methyl sites for hydroxylation is 1. The predicted octanol–water partition coefficient (Wildman–Crippen LogP) is 2.74. The fourth-order valence-corrected chi connectivity index (χ4v) is 2.32. The molecule has 0 saturated carbocycles. The third-order valence-corrected chi connectivity index (χ3v) is 3.60. The summed E-state index contributed by atoms with van der Waals surface area (Å²) in [6.07, 6.45) is 2.44. The Morgan fingerprint density at radius 3 is 2.39 bits per heavy atom. The van der Waals surface area contributed by atoms with Crippen LogP contribution in [0.3, 0.4) is 0 Å². The second kappa shape index (κ2) is 8.96. The number of carbonyl (C=O) groups is 1. The molecule has 0 aliphatic rings. The highest BCUT2D eigenvalue weighted by molar-refractivity contribution is 5.75. The maximum Gasteiger partial charge on any atom is 0.322 e. The number of benzene rings is 2. The fourth-order valence-electron chi connectivity index (χ4n) is 2.32. The Kier molecular flexibility index (Phi) is 6.63. The van der Waals surface area contributed by atoms with E-state index in [9.17, 15) is 4.79 Å². The average molecular weight is 313 g/mol. The van der Waals surface area contributed by atoms with Crippen LogP contribution in [0, 0.1) is 0 Å². The average Bonchev–Trinajstić information content (AvgIpc) is 2.60. The molecule has 0 amide bonds. The molecular weight excluding hydrogens is 290 g/mol. The van der Waals surface area contributed by atoms with Crippen LogP contribution in [0.5, 0.6) is 5.75 Å². The Bertz CT molecular complexity index is 596. The summed E-state index contributed by atoms with van der Waals surface area (Å²) in [6, 6.07) is 17.4. The van der Waals surface area contributed by atoms with Crippen molar-refractivity contribution in [1.29, 1.82) is 0 Å². The van der Waals surface area contributed by atoms with Crippen molar-refractivity contribution in [2.45, 2.75) is 25.3 Å². The zero-order valence-electron chi connectivity index (χ0n) is 13.4. The minimum Gasteiger partial charge on any atom is -0.494 e. The van der Waals surface area contributed by atoms with Gasteiger partial charge in [-0.2, -0.15) is 0 Å². The van der Waals surface area contributed by atoms with Gasteiger partial charge in [0.05, 0.1) is 13.7 Å². The molecule has 23 heavy (non-hydrogen) atoms. The minimum absolute atomic E-state index is 0.397. The summed E-state index contributed by atoms with van der Waals surface area (Å²) in [5, 5.41) is 0. The highest BCUT2D eigenvalue weighted by atomic mass is 16.5. The largest absolute Gasteiger partial charge is 0.494 e. The summed E-state index contributed by atoms with van der Waals surface area (Å²) < 4.78 is 10.4. The lowest BCUT2D eigenvalue weighted by atomic mass is 10.1. The molecule has 0 aliphatic carbocycles. The van der Waals surface area contributed by atoms with Crippen LogP contribution in [-0.2, 0) is 22.4 Å². The van der Waals surface area contributed by atoms with Gasteiger partial charge in [-0.05, 0) is 42.5 Å². The van der Waals surface area contributed by atoms with E-state index in [1.807, 2.05) is 42.5 Å². The SMILES string of the molecule is COC(=O)C(N)Cc1ccc(OCCCc2ccccc2)cc1. The molecule has 0 bridgehead atoms. The molecular formula is C19H23NO3. The molecule has 1 atom stereocenters. The molecule has 122 valence electrons. The molecule has 4 heteroatoms. The lowest BCUT2D eigenvalue weighted by molar-refractivity contribution is -0.142. The van der Waals surface area contributed by atoms with Gasteiger partial charge in [0.25, 0.3) is 0 Å². The van der Waals surface area contributed by atoms with Crippen molar-refractivity contribution in [3.63, 3.8) is 0 Å². The minimum atomic E-state index is -0.627. The molecule has 2 aromatic carbocycles. The first-order valence-corrected chi connectivity index (χ1v) is 7.78. The van der Waals surface area contributed by atoms with Gasteiger partial charge in [-0.25, -0.2) is 0 Å². The molecule has 0 saturated heterocycles. The Morgan fingerprint density at radius 1 is 1.04 bits per heavy atom. The van der Waals surface area contributed by atoms with Gasteiger partial charge in [-0.15, -0.1) is 0 Å². The zero-order valence-corrected chi connectivity index (χ0v) is 13.4. The quantitative estimate of drug-likeness (QED) is 0.601. The fraction of sp³-hybridized carbons (Fsp3) is 0.316. The first kappa shape index (κ1) is 17.0. The van der Waals surface area contributed by atoms with Gasteiger partial charge in [0.2, 0.25) is 0 Å². The highest BCUT2D eigenvalue weighted by Crippen LogP contribution is 2.14. The van der Waals surface area contributed by atoms with Crippen LogP contribution < -0.4 is 10.5 Å². The van der Waals surface area contributed by atoms with E-state index in [0.717, 1.165) is 24.2 Å². The standard InChI is InChI=1S/C19H23NO3/c1-22-19(21)18(20)14-16-9-11-17(12-10-16)23-13-5-8-15-6-3-2-4-7-15/h2-4,6-7,9-12,18H,5,8,13-14,20H2,1H3. The van der Waals surface area contributed by atoms with Crippen LogP contribution >= 0.6 is 0 Å². The van der Waals surface area contributed by atoms with E-state index in [1.165, 1.54) is 12.7 Å². The maximum atomic E-state index is 11.3. The molecule has 4 nitrogen and oxygen atoms in total. The Labute approximate surface area is 137 Å². The normalized spacial score (nSPS) is 11.7. The van der Waals surface area contributed by atoms with Crippen LogP contribution in [0.2, 0.25) is 0 Å². The first-order chi connectivity index (χ1) is 11.2. The number of hydrogen-bond donors (Lipinski definition) is 1. The Hall–Kier alpha value is -2.33. The molecule has 0 radical (unpaired) electrons. The Balaban J connectivity index is 1.73. The van der Waals surface area contributed by atoms with Crippen LogP contribution in [0.1, 0.15) is 17.5 Å². The summed E-state index contributed by atoms with van der Waals surface area (Å²) in [6.45, 7) is 0.677. The van der Waals surface area contributed by atoms with E-state index < -0.39 is 12.0 Å². The Morgan fingerprint density at radius 2 is 1.74 bits per heavy atom. The highest BCUT2D eigenvalue weighted by Gasteiger charge is 2.13. The van der Waals surface area contributed by atoms with Gasteiger partial charge in [0.1, 0.15) is 11.8 Å². The van der Waals surface area contributed by atoms with Crippen molar-refractivity contribution in [1.82, 2.24) is 0 Å². The van der Waals surface area contributed by atoms with Crippen LogP contribution in [0.25, 0.3) is 0 Å². The van der Waals surface area contributed by atoms with Gasteiger partial charge in [0, 0.05) is 0 Å². The van der Waals surface area contributed by atoms with Gasteiger partial charge in [-0.3, -0.25) is 4.79 Å². The summed E-state index contributed by atoms with van der Waals surface area (Å²) >= 11 is 0. The van der Waals surface area contributed by atoms with E-state index in [0.29, 0.717) is 13.0 Å². The van der Waals surface area contributed by atoms with Gasteiger partial charge in [0.15, 0.2) is 0 Å². The maximum absolute atomic E-state index is 11.3. The zero-order chi connectivity index (χ0) is 16.5. The topological polar surface area (TPSA) is 61.5 Å². The molecule has 1 unspecified atom stereocenters. The van der Waals surface area contributed by atoms with Crippen LogP contribution in [0.4, 0.5) is 0 Å². The van der Waals surface area contributed by atoms with Crippen molar-refractivity contribution in [3.8, 4) is 5.75 Å². The van der Waals surface area contributed by atoms with E-state index in [1.54, 1.807) is 0 Å². The van der Waals surface area contributed by atoms with E-state index in [-0.39, 0.29) is 0 Å². The number of rotatable bonds is 8. The monoisotopic (exact) mass is 313 g/mol. The number of nitrogens with two attached hydrogens (primary N) is 1. The molecule has 0 fully saturated rings. The van der Waals surface area contributed by atoms with Crippen LogP contribution in [-0.4, -0.2) is 25.7 Å². The van der Waals surface area contributed by atoms with Gasteiger partial charge < -0.3 is 15.2 Å². The second-order valence-corrected chi connectivity index (χ2v) is 5.42. The van der Waals surface area contributed by atoms with Crippen molar-refractivity contribution >= 4 is 5.97 Å². The number of ether oxygens (including phenoxy) is 2. The van der Waals surface area contributed by atoms with Crippen molar-refractivity contribution in [2.75, 3.05) is 13.7 Å². The molecule has 2 aromatic rings. The molecule has 0 aromatic heterocycles. The first-order valence-electron chi connectivity index (χ1n) is 7.78.